The van der Waals surface area contributed by atoms with E-state index in [1.807, 2.05) is 51.1 Å². The number of amides is 1. The highest BCUT2D eigenvalue weighted by Gasteiger charge is 2.21. The molecule has 0 bridgehead atoms. The normalized spacial score (nSPS) is 11.0. The van der Waals surface area contributed by atoms with Gasteiger partial charge in [0, 0.05) is 5.41 Å². The van der Waals surface area contributed by atoms with Crippen LogP contribution in [0.15, 0.2) is 42.6 Å². The summed E-state index contributed by atoms with van der Waals surface area (Å²) in [5, 5.41) is 6.60. The number of carbonyl (C=O) groups is 1. The van der Waals surface area contributed by atoms with Crippen LogP contribution < -0.4 is 10.6 Å². The zero-order valence-corrected chi connectivity index (χ0v) is 13.0. The Morgan fingerprint density at radius 3 is 2.43 bits per heavy atom. The first kappa shape index (κ1) is 15.3. The van der Waals surface area contributed by atoms with Crippen LogP contribution in [0.3, 0.4) is 0 Å². The van der Waals surface area contributed by atoms with Crippen LogP contribution >= 0.6 is 11.6 Å². The maximum atomic E-state index is 11.9. The van der Waals surface area contributed by atoms with Crippen LogP contribution in [-0.2, 0) is 4.79 Å². The first-order valence-electron chi connectivity index (χ1n) is 6.65. The smallest absolute Gasteiger partial charge is 0.230 e. The van der Waals surface area contributed by atoms with Crippen LogP contribution in [0.25, 0.3) is 0 Å². The summed E-state index contributed by atoms with van der Waals surface area (Å²) < 4.78 is 0. The summed E-state index contributed by atoms with van der Waals surface area (Å²) in [5.74, 6) is 0.460. The summed E-state index contributed by atoms with van der Waals surface area (Å²) in [4.78, 5) is 16.1. The number of pyridine rings is 1. The van der Waals surface area contributed by atoms with E-state index in [0.717, 1.165) is 11.4 Å². The molecule has 1 aromatic carbocycles. The third-order valence-electron chi connectivity index (χ3n) is 2.84. The molecule has 0 radical (unpaired) electrons. The molecule has 5 heteroatoms. The van der Waals surface area contributed by atoms with Crippen LogP contribution in [0.2, 0.25) is 5.02 Å². The maximum Gasteiger partial charge on any atom is 0.230 e. The second-order valence-corrected chi connectivity index (χ2v) is 6.15. The monoisotopic (exact) mass is 303 g/mol. The average Bonchev–Trinajstić information content (AvgIpc) is 2.42. The number of rotatable bonds is 3. The molecule has 1 aromatic heterocycles. The second kappa shape index (κ2) is 6.14. The van der Waals surface area contributed by atoms with Crippen molar-refractivity contribution in [3.8, 4) is 0 Å². The summed E-state index contributed by atoms with van der Waals surface area (Å²) in [6.45, 7) is 5.57. The number of hydrogen-bond donors (Lipinski definition) is 2. The Morgan fingerprint density at radius 2 is 1.86 bits per heavy atom. The highest BCUT2D eigenvalue weighted by atomic mass is 35.5. The van der Waals surface area contributed by atoms with Crippen LogP contribution in [-0.4, -0.2) is 10.9 Å². The number of benzene rings is 1. The molecule has 2 N–H and O–H groups in total. The predicted molar refractivity (Wildman–Crippen MR) is 87.1 cm³/mol. The largest absolute Gasteiger partial charge is 0.353 e. The highest BCUT2D eigenvalue weighted by molar-refractivity contribution is 6.33. The quantitative estimate of drug-likeness (QED) is 0.880. The number of carbonyl (C=O) groups excluding carboxylic acids is 1. The molecular weight excluding hydrogens is 286 g/mol. The van der Waals surface area contributed by atoms with E-state index in [4.69, 9.17) is 11.6 Å². The first-order chi connectivity index (χ1) is 9.86. The molecule has 1 amide bonds. The van der Waals surface area contributed by atoms with Crippen molar-refractivity contribution in [2.75, 3.05) is 10.6 Å². The Bertz CT molecular complexity index is 633. The Labute approximate surface area is 129 Å². The maximum absolute atomic E-state index is 11.9. The van der Waals surface area contributed by atoms with E-state index in [-0.39, 0.29) is 5.91 Å². The third-order valence-corrected chi connectivity index (χ3v) is 3.17. The molecule has 1 heterocycles. The van der Waals surface area contributed by atoms with Gasteiger partial charge < -0.3 is 10.6 Å². The molecule has 4 nitrogen and oxygen atoms in total. The van der Waals surface area contributed by atoms with E-state index in [1.54, 1.807) is 12.3 Å². The van der Waals surface area contributed by atoms with E-state index in [1.165, 1.54) is 0 Å². The molecule has 0 spiro atoms. The van der Waals surface area contributed by atoms with Gasteiger partial charge in [-0.3, -0.25) is 4.79 Å². The van der Waals surface area contributed by atoms with Crippen LogP contribution in [0.1, 0.15) is 20.8 Å². The van der Waals surface area contributed by atoms with Gasteiger partial charge in [0.05, 0.1) is 22.6 Å². The van der Waals surface area contributed by atoms with Crippen molar-refractivity contribution in [2.24, 2.45) is 5.41 Å². The van der Waals surface area contributed by atoms with Crippen LogP contribution in [0, 0.1) is 5.41 Å². The molecule has 21 heavy (non-hydrogen) atoms. The fourth-order valence-electron chi connectivity index (χ4n) is 1.56. The predicted octanol–water partition coefficient (Wildman–Crippen LogP) is 4.46. The van der Waals surface area contributed by atoms with Gasteiger partial charge in [-0.05, 0) is 24.3 Å². The molecule has 2 aromatic rings. The topological polar surface area (TPSA) is 54.0 Å². The Balaban J connectivity index is 2.06. The molecule has 2 rings (SSSR count). The summed E-state index contributed by atoms with van der Waals surface area (Å²) in [5.41, 5.74) is 1.17. The molecule has 0 fully saturated rings. The van der Waals surface area contributed by atoms with Crippen molar-refractivity contribution >= 4 is 34.7 Å². The molecule has 0 aliphatic rings. The number of para-hydroxylation sites is 1. The van der Waals surface area contributed by atoms with Gasteiger partial charge in [-0.15, -0.1) is 0 Å². The zero-order valence-electron chi connectivity index (χ0n) is 12.3. The van der Waals surface area contributed by atoms with Crippen molar-refractivity contribution in [3.63, 3.8) is 0 Å². The number of anilines is 3. The van der Waals surface area contributed by atoms with Gasteiger partial charge in [0.2, 0.25) is 5.91 Å². The van der Waals surface area contributed by atoms with Gasteiger partial charge in [-0.25, -0.2) is 4.98 Å². The van der Waals surface area contributed by atoms with Crippen molar-refractivity contribution in [2.45, 2.75) is 20.8 Å². The van der Waals surface area contributed by atoms with Crippen molar-refractivity contribution in [1.82, 2.24) is 4.98 Å². The molecule has 0 aliphatic heterocycles. The zero-order chi connectivity index (χ0) is 15.5. The van der Waals surface area contributed by atoms with Gasteiger partial charge in [-0.2, -0.15) is 0 Å². The highest BCUT2D eigenvalue weighted by Crippen LogP contribution is 2.25. The minimum absolute atomic E-state index is 0.0678. The molecule has 0 unspecified atom stereocenters. The minimum atomic E-state index is -0.448. The number of aromatic nitrogens is 1. The van der Waals surface area contributed by atoms with Crippen molar-refractivity contribution in [3.05, 3.63) is 47.6 Å². The van der Waals surface area contributed by atoms with E-state index in [0.29, 0.717) is 10.8 Å². The third kappa shape index (κ3) is 4.20. The first-order valence-corrected chi connectivity index (χ1v) is 7.03. The molecule has 0 aliphatic carbocycles. The fraction of sp³-hybridized carbons (Fsp3) is 0.250. The number of nitrogens with zero attached hydrogens (tertiary/aromatic N) is 1. The SMILES string of the molecule is CC(C)(C)C(=O)Nc1ccc(Nc2ccccc2Cl)cn1. The van der Waals surface area contributed by atoms with E-state index in [2.05, 4.69) is 15.6 Å². The lowest BCUT2D eigenvalue weighted by molar-refractivity contribution is -0.123. The number of halogens is 1. The van der Waals surface area contributed by atoms with E-state index < -0.39 is 5.41 Å². The fourth-order valence-corrected chi connectivity index (χ4v) is 1.75. The van der Waals surface area contributed by atoms with E-state index in [9.17, 15) is 4.79 Å². The van der Waals surface area contributed by atoms with Crippen molar-refractivity contribution < 1.29 is 4.79 Å². The van der Waals surface area contributed by atoms with Gasteiger partial charge in [-0.1, -0.05) is 44.5 Å². The summed E-state index contributed by atoms with van der Waals surface area (Å²) >= 11 is 6.08. The van der Waals surface area contributed by atoms with Crippen LogP contribution in [0.5, 0.6) is 0 Å². The molecule has 110 valence electrons. The molecule has 0 saturated carbocycles. The number of hydrogen-bond acceptors (Lipinski definition) is 3. The van der Waals surface area contributed by atoms with Gasteiger partial charge >= 0.3 is 0 Å². The lowest BCUT2D eigenvalue weighted by Gasteiger charge is -2.17. The summed E-state index contributed by atoms with van der Waals surface area (Å²) in [6, 6.07) is 11.1. The average molecular weight is 304 g/mol. The summed E-state index contributed by atoms with van der Waals surface area (Å²) in [6.07, 6.45) is 1.65. The molecule has 0 atom stereocenters. The Morgan fingerprint density at radius 1 is 1.14 bits per heavy atom. The second-order valence-electron chi connectivity index (χ2n) is 5.74. The Kier molecular flexibility index (Phi) is 4.48. The summed E-state index contributed by atoms with van der Waals surface area (Å²) in [7, 11) is 0. The molecular formula is C16H18ClN3O. The van der Waals surface area contributed by atoms with Gasteiger partial charge in [0.15, 0.2) is 0 Å². The van der Waals surface area contributed by atoms with Gasteiger partial charge in [0.1, 0.15) is 5.82 Å². The van der Waals surface area contributed by atoms with E-state index >= 15 is 0 Å². The molecule has 0 saturated heterocycles. The van der Waals surface area contributed by atoms with Gasteiger partial charge in [0.25, 0.3) is 0 Å². The Hall–Kier alpha value is -2.07. The standard InChI is InChI=1S/C16H18ClN3O/c1-16(2,3)15(21)20-14-9-8-11(10-18-14)19-13-7-5-4-6-12(13)17/h4-10,19H,1-3H3,(H,18,20,21). The minimum Gasteiger partial charge on any atom is -0.353 e. The lowest BCUT2D eigenvalue weighted by Crippen LogP contribution is -2.27. The lowest BCUT2D eigenvalue weighted by atomic mass is 9.96. The van der Waals surface area contributed by atoms with Crippen LogP contribution in [0.4, 0.5) is 17.2 Å². The van der Waals surface area contributed by atoms with Crippen molar-refractivity contribution in [1.29, 1.82) is 0 Å². The number of nitrogens with one attached hydrogen (secondary N) is 2.